The van der Waals surface area contributed by atoms with E-state index in [2.05, 4.69) is 46.6 Å². The van der Waals surface area contributed by atoms with Crippen LogP contribution in [0, 0.1) is 5.92 Å². The highest BCUT2D eigenvalue weighted by atomic mass is 79.9. The molecule has 32 heavy (non-hydrogen) atoms. The van der Waals surface area contributed by atoms with Gasteiger partial charge in [-0.05, 0) is 68.0 Å². The number of halogens is 1. The minimum atomic E-state index is 0.139. The minimum absolute atomic E-state index is 0.139. The molecule has 5 nitrogen and oxygen atoms in total. The molecule has 0 aliphatic carbocycles. The van der Waals surface area contributed by atoms with Crippen molar-refractivity contribution < 1.29 is 9.53 Å². The fourth-order valence-electron chi connectivity index (χ4n) is 3.86. The van der Waals surface area contributed by atoms with E-state index in [9.17, 15) is 4.79 Å². The number of benzene rings is 1. The fraction of sp³-hybridized carbons (Fsp3) is 0.440. The molecule has 0 spiro atoms. The van der Waals surface area contributed by atoms with Gasteiger partial charge in [-0.1, -0.05) is 36.7 Å². The summed E-state index contributed by atoms with van der Waals surface area (Å²) >= 11 is 4.97. The third-order valence-electron chi connectivity index (χ3n) is 5.81. The zero-order chi connectivity index (χ0) is 23.1. The third kappa shape index (κ3) is 6.30. The van der Waals surface area contributed by atoms with Crippen LogP contribution in [0.3, 0.4) is 0 Å². The molecule has 0 saturated heterocycles. The standard InChI is InChI=1S/C25H32BrN3O2S/c1-4-29(5-2)12-6-7-17(3)13-22(30)21-14-28-25(27)23-18(16-32-24(21)23)15-31-20-10-8-19(26)9-11-20/h8-11,14,16-17H,4-7,12-13,15H2,1-3H3,(H2,27,28). The van der Waals surface area contributed by atoms with Crippen LogP contribution in [0.1, 0.15) is 56.0 Å². The van der Waals surface area contributed by atoms with Crippen LogP contribution in [-0.4, -0.2) is 35.3 Å². The Morgan fingerprint density at radius 2 is 1.97 bits per heavy atom. The Bertz CT molecular complexity index is 1030. The van der Waals surface area contributed by atoms with E-state index >= 15 is 0 Å². The number of carbonyl (C=O) groups is 1. The molecule has 0 aliphatic rings. The predicted octanol–water partition coefficient (Wildman–Crippen LogP) is 6.55. The Labute approximate surface area is 203 Å². The largest absolute Gasteiger partial charge is 0.489 e. The van der Waals surface area contributed by atoms with Crippen molar-refractivity contribution in [2.45, 2.75) is 46.6 Å². The number of nitrogens with zero attached hydrogens (tertiary/aromatic N) is 2. The number of anilines is 1. The number of Topliss-reactive ketones (excluding diaryl/α,β-unsaturated/α-hetero) is 1. The van der Waals surface area contributed by atoms with Gasteiger partial charge >= 0.3 is 0 Å². The van der Waals surface area contributed by atoms with Crippen molar-refractivity contribution in [1.29, 1.82) is 0 Å². The van der Waals surface area contributed by atoms with E-state index in [0.717, 1.165) is 58.3 Å². The van der Waals surface area contributed by atoms with Crippen LogP contribution in [-0.2, 0) is 6.61 Å². The van der Waals surface area contributed by atoms with Gasteiger partial charge in [0.15, 0.2) is 5.78 Å². The molecule has 0 amide bonds. The van der Waals surface area contributed by atoms with Gasteiger partial charge in [0, 0.05) is 28.0 Å². The van der Waals surface area contributed by atoms with Gasteiger partial charge in [0.05, 0.1) is 10.3 Å². The van der Waals surface area contributed by atoms with E-state index in [0.29, 0.717) is 30.3 Å². The molecule has 0 radical (unpaired) electrons. The first-order chi connectivity index (χ1) is 15.4. The molecule has 0 saturated carbocycles. The quantitative estimate of drug-likeness (QED) is 0.276. The van der Waals surface area contributed by atoms with Gasteiger partial charge in [-0.2, -0.15) is 0 Å². The Morgan fingerprint density at radius 1 is 1.25 bits per heavy atom. The van der Waals surface area contributed by atoms with E-state index in [1.165, 1.54) is 0 Å². The Morgan fingerprint density at radius 3 is 2.66 bits per heavy atom. The summed E-state index contributed by atoms with van der Waals surface area (Å²) in [7, 11) is 0. The lowest BCUT2D eigenvalue weighted by molar-refractivity contribution is 0.0963. The lowest BCUT2D eigenvalue weighted by Gasteiger charge is -2.19. The van der Waals surface area contributed by atoms with Crippen LogP contribution in [0.2, 0.25) is 0 Å². The minimum Gasteiger partial charge on any atom is -0.489 e. The second kappa shape index (κ2) is 11.8. The van der Waals surface area contributed by atoms with E-state index in [-0.39, 0.29) is 5.78 Å². The van der Waals surface area contributed by atoms with E-state index in [1.54, 1.807) is 17.5 Å². The van der Waals surface area contributed by atoms with E-state index in [1.807, 2.05) is 29.6 Å². The Kier molecular flexibility index (Phi) is 9.08. The second-order valence-electron chi connectivity index (χ2n) is 8.17. The van der Waals surface area contributed by atoms with Gasteiger partial charge in [0.1, 0.15) is 18.2 Å². The number of aromatic nitrogens is 1. The maximum absolute atomic E-state index is 13.1. The Hall–Kier alpha value is -1.96. The van der Waals surface area contributed by atoms with Crippen molar-refractivity contribution >= 4 is 49.0 Å². The zero-order valence-electron chi connectivity index (χ0n) is 19.1. The summed E-state index contributed by atoms with van der Waals surface area (Å²) in [5.41, 5.74) is 7.83. The lowest BCUT2D eigenvalue weighted by atomic mass is 9.95. The number of thiophene rings is 1. The summed E-state index contributed by atoms with van der Waals surface area (Å²) in [6.45, 7) is 10.2. The molecule has 172 valence electrons. The molecule has 0 bridgehead atoms. The van der Waals surface area contributed by atoms with Crippen molar-refractivity contribution in [3.8, 4) is 5.75 Å². The average molecular weight is 519 g/mol. The molecule has 3 aromatic rings. The highest BCUT2D eigenvalue weighted by Crippen LogP contribution is 2.34. The summed E-state index contributed by atoms with van der Waals surface area (Å²) in [6, 6.07) is 7.71. The average Bonchev–Trinajstić information content (AvgIpc) is 3.21. The summed E-state index contributed by atoms with van der Waals surface area (Å²) in [5.74, 6) is 1.70. The molecular weight excluding hydrogens is 486 g/mol. The van der Waals surface area contributed by atoms with Crippen molar-refractivity contribution in [2.24, 2.45) is 5.92 Å². The molecule has 0 aliphatic heterocycles. The van der Waals surface area contributed by atoms with Crippen molar-refractivity contribution in [3.63, 3.8) is 0 Å². The molecule has 0 fully saturated rings. The van der Waals surface area contributed by atoms with Gasteiger partial charge in [0.25, 0.3) is 0 Å². The van der Waals surface area contributed by atoms with Gasteiger partial charge in [-0.3, -0.25) is 4.79 Å². The summed E-state index contributed by atoms with van der Waals surface area (Å²) in [5, 5.41) is 2.86. The normalized spacial score (nSPS) is 12.4. The van der Waals surface area contributed by atoms with Crippen molar-refractivity contribution in [2.75, 3.05) is 25.4 Å². The molecule has 3 rings (SSSR count). The van der Waals surface area contributed by atoms with Gasteiger partial charge < -0.3 is 15.4 Å². The first-order valence-corrected chi connectivity index (χ1v) is 12.9. The second-order valence-corrected chi connectivity index (χ2v) is 9.96. The highest BCUT2D eigenvalue weighted by Gasteiger charge is 2.19. The first kappa shape index (κ1) is 24.7. The molecule has 1 unspecified atom stereocenters. The lowest BCUT2D eigenvalue weighted by Crippen LogP contribution is -2.24. The summed E-state index contributed by atoms with van der Waals surface area (Å²) in [6.07, 6.45) is 4.33. The smallest absolute Gasteiger partial charge is 0.166 e. The van der Waals surface area contributed by atoms with E-state index in [4.69, 9.17) is 10.5 Å². The van der Waals surface area contributed by atoms with Crippen molar-refractivity contribution in [3.05, 3.63) is 51.4 Å². The summed E-state index contributed by atoms with van der Waals surface area (Å²) in [4.78, 5) is 19.8. The highest BCUT2D eigenvalue weighted by molar-refractivity contribution is 9.10. The maximum Gasteiger partial charge on any atom is 0.166 e. The number of hydrogen-bond acceptors (Lipinski definition) is 6. The maximum atomic E-state index is 13.1. The fourth-order valence-corrected chi connectivity index (χ4v) is 5.22. The van der Waals surface area contributed by atoms with Gasteiger partial charge in [0.2, 0.25) is 0 Å². The number of nitrogen functional groups attached to an aromatic ring is 1. The number of ketones is 1. The van der Waals surface area contributed by atoms with Gasteiger partial charge in [-0.25, -0.2) is 4.98 Å². The molecular formula is C25H32BrN3O2S. The number of fused-ring (bicyclic) bond motifs is 1. The predicted molar refractivity (Wildman–Crippen MR) is 138 cm³/mol. The van der Waals surface area contributed by atoms with Crippen LogP contribution in [0.25, 0.3) is 10.1 Å². The number of ether oxygens (including phenoxy) is 1. The topological polar surface area (TPSA) is 68.5 Å². The monoisotopic (exact) mass is 517 g/mol. The van der Waals surface area contributed by atoms with Gasteiger partial charge in [-0.15, -0.1) is 11.3 Å². The van der Waals surface area contributed by atoms with Crippen LogP contribution >= 0.6 is 27.3 Å². The number of pyridine rings is 1. The van der Waals surface area contributed by atoms with Crippen LogP contribution in [0.15, 0.2) is 40.3 Å². The third-order valence-corrected chi connectivity index (χ3v) is 7.40. The SMILES string of the molecule is CCN(CC)CCCC(C)CC(=O)c1cnc(N)c2c(COc3ccc(Br)cc3)csc12. The molecule has 1 aromatic carbocycles. The van der Waals surface area contributed by atoms with Crippen LogP contribution in [0.5, 0.6) is 5.75 Å². The number of rotatable bonds is 12. The van der Waals surface area contributed by atoms with Crippen LogP contribution < -0.4 is 10.5 Å². The first-order valence-electron chi connectivity index (χ1n) is 11.2. The molecule has 7 heteroatoms. The molecule has 1 atom stereocenters. The number of nitrogens with two attached hydrogens (primary N) is 1. The zero-order valence-corrected chi connectivity index (χ0v) is 21.5. The van der Waals surface area contributed by atoms with E-state index < -0.39 is 0 Å². The molecule has 2 heterocycles. The van der Waals surface area contributed by atoms with Crippen molar-refractivity contribution in [1.82, 2.24) is 9.88 Å². The number of hydrogen-bond donors (Lipinski definition) is 1. The van der Waals surface area contributed by atoms with Crippen LogP contribution in [0.4, 0.5) is 5.82 Å². The number of carbonyl (C=O) groups excluding carboxylic acids is 1. The summed E-state index contributed by atoms with van der Waals surface area (Å²) < 4.78 is 7.84. The Balaban J connectivity index is 1.67. The molecule has 2 N–H and O–H groups in total. The molecule has 2 aromatic heterocycles.